The average Bonchev–Trinajstić information content (AvgIpc) is 3.35. The fourth-order valence-electron chi connectivity index (χ4n) is 7.35. The monoisotopic (exact) mass is 423 g/mol. The Kier molecular flexibility index (Phi) is 5.32. The van der Waals surface area contributed by atoms with Crippen molar-refractivity contribution < 1.29 is 4.84 Å². The molecule has 3 saturated carbocycles. The maximum absolute atomic E-state index is 5.63. The fraction of sp³-hybridized carbons (Fsp3) is 0.720. The summed E-state index contributed by atoms with van der Waals surface area (Å²) in [5.41, 5.74) is 11.4. The number of oxime groups is 1. The summed E-state index contributed by atoms with van der Waals surface area (Å²) in [6.07, 6.45) is 14.3. The molecule has 4 aliphatic carbocycles. The number of hydrogen-bond donors (Lipinski definition) is 1. The molecule has 5 atom stereocenters. The van der Waals surface area contributed by atoms with Crippen LogP contribution in [-0.4, -0.2) is 27.3 Å². The molecule has 1 aromatic rings. The van der Waals surface area contributed by atoms with Crippen molar-refractivity contribution in [1.82, 2.24) is 15.0 Å². The zero-order chi connectivity index (χ0) is 21.6. The number of hydrogen-bond acceptors (Lipinski definition) is 5. The van der Waals surface area contributed by atoms with Gasteiger partial charge in [0.25, 0.3) is 0 Å². The lowest BCUT2D eigenvalue weighted by atomic mass is 9.47. The summed E-state index contributed by atoms with van der Waals surface area (Å²) in [6.45, 7) is 11.0. The Morgan fingerprint density at radius 1 is 1.16 bits per heavy atom. The van der Waals surface area contributed by atoms with Gasteiger partial charge in [0.15, 0.2) is 0 Å². The highest BCUT2D eigenvalue weighted by molar-refractivity contribution is 5.96. The van der Waals surface area contributed by atoms with Gasteiger partial charge < -0.3 is 10.6 Å². The van der Waals surface area contributed by atoms with Gasteiger partial charge in [-0.15, -0.1) is 5.10 Å². The van der Waals surface area contributed by atoms with Crippen molar-refractivity contribution in [1.29, 1.82) is 0 Å². The summed E-state index contributed by atoms with van der Waals surface area (Å²) in [5, 5.41) is 12.5. The van der Waals surface area contributed by atoms with Crippen LogP contribution in [0.1, 0.15) is 70.9 Å². The van der Waals surface area contributed by atoms with E-state index < -0.39 is 0 Å². The second-order valence-corrected chi connectivity index (χ2v) is 10.7. The van der Waals surface area contributed by atoms with Crippen molar-refractivity contribution in [3.8, 4) is 0 Å². The minimum absolute atomic E-state index is 0.340. The van der Waals surface area contributed by atoms with E-state index in [4.69, 9.17) is 10.6 Å². The molecule has 1 heterocycles. The Morgan fingerprint density at radius 2 is 2.00 bits per heavy atom. The molecule has 6 heteroatoms. The largest absolute Gasteiger partial charge is 0.394 e. The normalized spacial score (nSPS) is 38.4. The number of nitrogens with two attached hydrogens (primary N) is 1. The third kappa shape index (κ3) is 3.47. The van der Waals surface area contributed by atoms with Crippen LogP contribution in [0, 0.1) is 28.6 Å². The predicted molar refractivity (Wildman–Crippen MR) is 122 cm³/mol. The van der Waals surface area contributed by atoms with Crippen LogP contribution in [0.3, 0.4) is 0 Å². The molecule has 0 aromatic carbocycles. The molecule has 1 aromatic heterocycles. The number of rotatable bonds is 5. The molecule has 6 nitrogen and oxygen atoms in total. The molecule has 0 saturated heterocycles. The molecule has 31 heavy (non-hydrogen) atoms. The van der Waals surface area contributed by atoms with Gasteiger partial charge >= 0.3 is 0 Å². The second kappa shape index (κ2) is 7.88. The molecule has 168 valence electrons. The first-order valence-electron chi connectivity index (χ1n) is 12.1. The van der Waals surface area contributed by atoms with E-state index in [2.05, 4.69) is 42.0 Å². The number of nitrogens with zero attached hydrogens (tertiary/aromatic N) is 4. The molecule has 0 radical (unpaired) electrons. The number of fused-ring (bicyclic) bond motifs is 5. The van der Waals surface area contributed by atoms with Crippen molar-refractivity contribution in [2.75, 3.05) is 6.61 Å². The second-order valence-electron chi connectivity index (χ2n) is 10.7. The van der Waals surface area contributed by atoms with E-state index in [0.717, 1.165) is 35.6 Å². The van der Waals surface area contributed by atoms with Gasteiger partial charge in [0.05, 0.1) is 18.0 Å². The molecule has 5 rings (SSSR count). The Balaban J connectivity index is 1.24. The van der Waals surface area contributed by atoms with E-state index >= 15 is 0 Å². The van der Waals surface area contributed by atoms with Crippen LogP contribution in [0.25, 0.3) is 0 Å². The zero-order valence-corrected chi connectivity index (χ0v) is 19.1. The molecular weight excluding hydrogens is 386 g/mol. The van der Waals surface area contributed by atoms with E-state index in [0.29, 0.717) is 30.5 Å². The number of aromatic nitrogens is 3. The van der Waals surface area contributed by atoms with Gasteiger partial charge in [0.1, 0.15) is 6.61 Å². The van der Waals surface area contributed by atoms with Crippen molar-refractivity contribution in [2.45, 2.75) is 78.3 Å². The predicted octanol–water partition coefficient (Wildman–Crippen LogP) is 4.63. The zero-order valence-electron chi connectivity index (χ0n) is 19.1. The summed E-state index contributed by atoms with van der Waals surface area (Å²) in [6, 6.07) is 0. The summed E-state index contributed by atoms with van der Waals surface area (Å²) in [5.74, 6) is 2.55. The highest BCUT2D eigenvalue weighted by Crippen LogP contribution is 2.66. The quantitative estimate of drug-likeness (QED) is 0.425. The lowest BCUT2D eigenvalue weighted by molar-refractivity contribution is -0.0226. The van der Waals surface area contributed by atoms with Gasteiger partial charge in [-0.25, -0.2) is 4.68 Å². The molecule has 3 unspecified atom stereocenters. The van der Waals surface area contributed by atoms with Crippen LogP contribution >= 0.6 is 0 Å². The van der Waals surface area contributed by atoms with E-state index in [1.807, 2.05) is 6.20 Å². The lowest BCUT2D eigenvalue weighted by Crippen LogP contribution is -2.49. The van der Waals surface area contributed by atoms with E-state index in [-0.39, 0.29) is 0 Å². The highest BCUT2D eigenvalue weighted by Gasteiger charge is 2.57. The summed E-state index contributed by atoms with van der Waals surface area (Å²) >= 11 is 0. The standard InChI is InChI=1S/C25H37N5O/c1-17-4-7-22-21-6-5-18-14-19(28-31-13-12-30-16-20(15-26)27-29-30)8-10-25(18,3)23(21)9-11-24(17,22)2/h14,16,21-23H,1,4-13,15,26H2,2-3H3/t21?,22?,23?,24-,25+/m1/s1. The maximum Gasteiger partial charge on any atom is 0.136 e. The van der Waals surface area contributed by atoms with Crippen LogP contribution in [0.5, 0.6) is 0 Å². The molecule has 2 N–H and O–H groups in total. The van der Waals surface area contributed by atoms with Crippen molar-refractivity contribution >= 4 is 5.71 Å². The SMILES string of the molecule is C=C1CCC2C3CCC4=CC(=NOCCn5cc(CN)nn5)CC[C@]4(C)C3CC[C@]12C. The van der Waals surface area contributed by atoms with Gasteiger partial charge in [-0.2, -0.15) is 0 Å². The smallest absolute Gasteiger partial charge is 0.136 e. The van der Waals surface area contributed by atoms with Crippen LogP contribution in [0.2, 0.25) is 0 Å². The van der Waals surface area contributed by atoms with Crippen LogP contribution in [0.15, 0.2) is 35.2 Å². The highest BCUT2D eigenvalue weighted by atomic mass is 16.6. The van der Waals surface area contributed by atoms with Crippen LogP contribution in [0.4, 0.5) is 0 Å². The number of allylic oxidation sites excluding steroid dienone is 3. The fourth-order valence-corrected chi connectivity index (χ4v) is 7.35. The Labute approximate surface area is 186 Å². The van der Waals surface area contributed by atoms with Gasteiger partial charge in [0, 0.05) is 12.7 Å². The lowest BCUT2D eigenvalue weighted by Gasteiger charge is -2.57. The minimum Gasteiger partial charge on any atom is -0.394 e. The van der Waals surface area contributed by atoms with Crippen LogP contribution in [-0.2, 0) is 17.9 Å². The van der Waals surface area contributed by atoms with Gasteiger partial charge in [-0.05, 0) is 86.0 Å². The van der Waals surface area contributed by atoms with E-state index in [9.17, 15) is 0 Å². The Morgan fingerprint density at radius 3 is 2.81 bits per heavy atom. The molecule has 0 amide bonds. The first-order chi connectivity index (χ1) is 14.9. The van der Waals surface area contributed by atoms with Crippen LogP contribution < -0.4 is 5.73 Å². The maximum atomic E-state index is 5.63. The third-order valence-electron chi connectivity index (χ3n) is 9.32. The minimum atomic E-state index is 0.340. The average molecular weight is 424 g/mol. The van der Waals surface area contributed by atoms with E-state index in [1.54, 1.807) is 10.3 Å². The van der Waals surface area contributed by atoms with Crippen molar-refractivity contribution in [3.63, 3.8) is 0 Å². The molecule has 0 aliphatic heterocycles. The molecule has 0 spiro atoms. The van der Waals surface area contributed by atoms with Gasteiger partial charge in [0.2, 0.25) is 0 Å². The summed E-state index contributed by atoms with van der Waals surface area (Å²) < 4.78 is 1.76. The first-order valence-corrected chi connectivity index (χ1v) is 12.1. The van der Waals surface area contributed by atoms with Gasteiger partial charge in [-0.1, -0.05) is 41.9 Å². The van der Waals surface area contributed by atoms with E-state index in [1.165, 1.54) is 50.5 Å². The van der Waals surface area contributed by atoms with Crippen molar-refractivity contribution in [3.05, 3.63) is 35.7 Å². The summed E-state index contributed by atoms with van der Waals surface area (Å²) in [7, 11) is 0. The molecule has 3 fully saturated rings. The van der Waals surface area contributed by atoms with Crippen molar-refractivity contribution in [2.24, 2.45) is 39.5 Å². The molecule has 0 bridgehead atoms. The topological polar surface area (TPSA) is 78.3 Å². The molecular formula is C25H37N5O. The summed E-state index contributed by atoms with van der Waals surface area (Å²) in [4.78, 5) is 5.63. The Bertz CT molecular complexity index is 917. The van der Waals surface area contributed by atoms with Gasteiger partial charge in [-0.3, -0.25) is 0 Å². The Hall–Kier alpha value is -1.95. The molecule has 4 aliphatic rings. The third-order valence-corrected chi connectivity index (χ3v) is 9.32. The first kappa shape index (κ1) is 20.9.